The molecule has 1 atom stereocenters. The van der Waals surface area contributed by atoms with E-state index in [1.165, 1.54) is 30.6 Å². The smallest absolute Gasteiger partial charge is 0.228 e. The first-order valence-electron chi connectivity index (χ1n) is 10.7. The molecule has 0 aromatic carbocycles. The van der Waals surface area contributed by atoms with Crippen LogP contribution in [0, 0.1) is 12.8 Å². The molecule has 6 nitrogen and oxygen atoms in total. The molecule has 2 fully saturated rings. The van der Waals surface area contributed by atoms with E-state index in [2.05, 4.69) is 10.3 Å². The van der Waals surface area contributed by atoms with Crippen LogP contribution in [0.15, 0.2) is 21.9 Å². The van der Waals surface area contributed by atoms with Crippen molar-refractivity contribution in [2.75, 3.05) is 13.1 Å². The normalized spacial score (nSPS) is 20.6. The van der Waals surface area contributed by atoms with E-state index < -0.39 is 0 Å². The maximum atomic E-state index is 12.8. The number of furan rings is 1. The zero-order valence-electron chi connectivity index (χ0n) is 17.0. The van der Waals surface area contributed by atoms with Crippen LogP contribution < -0.4 is 5.32 Å². The van der Waals surface area contributed by atoms with Gasteiger partial charge in [-0.15, -0.1) is 11.3 Å². The Kier molecular flexibility index (Phi) is 6.33. The summed E-state index contributed by atoms with van der Waals surface area (Å²) in [7, 11) is 0. The second-order valence-electron chi connectivity index (χ2n) is 8.25. The minimum absolute atomic E-state index is 0.0487. The third kappa shape index (κ3) is 5.07. The molecular weight excluding hydrogens is 386 g/mol. The minimum atomic E-state index is -0.0910. The van der Waals surface area contributed by atoms with Gasteiger partial charge in [-0.2, -0.15) is 0 Å². The number of hydrogen-bond donors (Lipinski definition) is 1. The van der Waals surface area contributed by atoms with Crippen LogP contribution in [0.25, 0.3) is 10.8 Å². The van der Waals surface area contributed by atoms with Crippen LogP contribution >= 0.6 is 11.3 Å². The highest BCUT2D eigenvalue weighted by Gasteiger charge is 2.30. The third-order valence-corrected chi connectivity index (χ3v) is 6.84. The fourth-order valence-electron chi connectivity index (χ4n) is 4.30. The highest BCUT2D eigenvalue weighted by molar-refractivity contribution is 7.13. The maximum Gasteiger partial charge on any atom is 0.228 e. The number of carbonyl (C=O) groups is 2. The van der Waals surface area contributed by atoms with Gasteiger partial charge in [0, 0.05) is 24.5 Å². The zero-order valence-corrected chi connectivity index (χ0v) is 17.8. The van der Waals surface area contributed by atoms with Gasteiger partial charge in [-0.05, 0) is 44.7 Å². The summed E-state index contributed by atoms with van der Waals surface area (Å²) in [6.07, 6.45) is 7.86. The molecule has 3 heterocycles. The SMILES string of the molecule is Cc1ccc(-c2nc(CC(=O)N3CCCC(C(=O)NC4CCCCC4)C3)cs2)o1. The lowest BCUT2D eigenvalue weighted by Crippen LogP contribution is -2.48. The molecule has 1 aliphatic carbocycles. The van der Waals surface area contributed by atoms with E-state index in [9.17, 15) is 9.59 Å². The Labute approximate surface area is 175 Å². The number of rotatable bonds is 5. The van der Waals surface area contributed by atoms with Crippen molar-refractivity contribution in [1.82, 2.24) is 15.2 Å². The molecule has 29 heavy (non-hydrogen) atoms. The molecule has 0 spiro atoms. The standard InChI is InChI=1S/C22H29N3O3S/c1-15-9-10-19(28-15)22-24-18(14-29-22)12-20(26)25-11-5-6-16(13-25)21(27)23-17-7-3-2-4-8-17/h9-10,14,16-17H,2-8,11-13H2,1H3,(H,23,27). The van der Waals surface area contributed by atoms with Gasteiger partial charge in [-0.1, -0.05) is 19.3 Å². The Morgan fingerprint density at radius 3 is 2.79 bits per heavy atom. The Balaban J connectivity index is 1.31. The number of nitrogens with one attached hydrogen (secondary N) is 1. The minimum Gasteiger partial charge on any atom is -0.459 e. The quantitative estimate of drug-likeness (QED) is 0.803. The summed E-state index contributed by atoms with van der Waals surface area (Å²) >= 11 is 1.49. The van der Waals surface area contributed by atoms with Crippen molar-refractivity contribution in [3.8, 4) is 10.8 Å². The molecule has 4 rings (SSSR count). The summed E-state index contributed by atoms with van der Waals surface area (Å²) < 4.78 is 5.62. The lowest BCUT2D eigenvalue weighted by atomic mass is 9.93. The van der Waals surface area contributed by atoms with Crippen LogP contribution in [-0.4, -0.2) is 40.8 Å². The maximum absolute atomic E-state index is 12.8. The van der Waals surface area contributed by atoms with E-state index in [1.54, 1.807) is 0 Å². The van der Waals surface area contributed by atoms with Crippen LogP contribution in [0.3, 0.4) is 0 Å². The Bertz CT molecular complexity index is 853. The number of likely N-dealkylation sites (tertiary alicyclic amines) is 1. The molecule has 2 aromatic heterocycles. The predicted molar refractivity (Wildman–Crippen MR) is 113 cm³/mol. The molecule has 2 amide bonds. The van der Waals surface area contributed by atoms with Gasteiger partial charge in [0.2, 0.25) is 11.8 Å². The van der Waals surface area contributed by atoms with Crippen LogP contribution in [0.4, 0.5) is 0 Å². The molecule has 2 aromatic rings. The van der Waals surface area contributed by atoms with Gasteiger partial charge in [0.15, 0.2) is 10.8 Å². The predicted octanol–water partition coefficient (Wildman–Crippen LogP) is 3.94. The third-order valence-electron chi connectivity index (χ3n) is 5.93. The molecule has 1 saturated carbocycles. The summed E-state index contributed by atoms with van der Waals surface area (Å²) in [5.41, 5.74) is 0.762. The van der Waals surface area contributed by atoms with Gasteiger partial charge in [0.25, 0.3) is 0 Å². The first-order chi connectivity index (χ1) is 14.1. The van der Waals surface area contributed by atoms with Gasteiger partial charge >= 0.3 is 0 Å². The summed E-state index contributed by atoms with van der Waals surface area (Å²) in [4.78, 5) is 31.9. The second kappa shape index (κ2) is 9.11. The number of carbonyl (C=O) groups excluding carboxylic acids is 2. The summed E-state index contributed by atoms with van der Waals surface area (Å²) in [5, 5.41) is 5.94. The lowest BCUT2D eigenvalue weighted by molar-refractivity contribution is -0.135. The highest BCUT2D eigenvalue weighted by Crippen LogP contribution is 2.26. The molecule has 1 saturated heterocycles. The van der Waals surface area contributed by atoms with Crippen LogP contribution in [-0.2, 0) is 16.0 Å². The Morgan fingerprint density at radius 1 is 1.21 bits per heavy atom. The Hall–Kier alpha value is -2.15. The van der Waals surface area contributed by atoms with E-state index in [4.69, 9.17) is 4.42 Å². The zero-order chi connectivity index (χ0) is 20.2. The van der Waals surface area contributed by atoms with Gasteiger partial charge in [-0.3, -0.25) is 9.59 Å². The van der Waals surface area contributed by atoms with Gasteiger partial charge in [0.05, 0.1) is 18.0 Å². The highest BCUT2D eigenvalue weighted by atomic mass is 32.1. The molecule has 1 N–H and O–H groups in total. The lowest BCUT2D eigenvalue weighted by Gasteiger charge is -2.33. The second-order valence-corrected chi connectivity index (χ2v) is 9.11. The number of aryl methyl sites for hydroxylation is 1. The fourth-order valence-corrected chi connectivity index (χ4v) is 5.08. The van der Waals surface area contributed by atoms with E-state index in [0.717, 1.165) is 54.5 Å². The Morgan fingerprint density at radius 2 is 2.03 bits per heavy atom. The molecule has 7 heteroatoms. The number of piperidine rings is 1. The van der Waals surface area contributed by atoms with Gasteiger partial charge in [0.1, 0.15) is 5.76 Å². The first kappa shape index (κ1) is 20.1. The monoisotopic (exact) mass is 415 g/mol. The van der Waals surface area contributed by atoms with Crippen LogP contribution in [0.1, 0.15) is 56.4 Å². The first-order valence-corrected chi connectivity index (χ1v) is 11.6. The molecule has 0 bridgehead atoms. The topological polar surface area (TPSA) is 75.4 Å². The van der Waals surface area contributed by atoms with Crippen molar-refractivity contribution < 1.29 is 14.0 Å². The average molecular weight is 416 g/mol. The van der Waals surface area contributed by atoms with Crippen LogP contribution in [0.5, 0.6) is 0 Å². The van der Waals surface area contributed by atoms with E-state index >= 15 is 0 Å². The summed E-state index contributed by atoms with van der Waals surface area (Å²) in [5.74, 6) is 1.67. The average Bonchev–Trinajstić information content (AvgIpc) is 3.37. The van der Waals surface area contributed by atoms with Crippen molar-refractivity contribution in [2.45, 2.75) is 64.3 Å². The molecular formula is C22H29N3O3S. The molecule has 156 valence electrons. The van der Waals surface area contributed by atoms with E-state index in [0.29, 0.717) is 12.6 Å². The number of hydrogen-bond acceptors (Lipinski definition) is 5. The van der Waals surface area contributed by atoms with Crippen molar-refractivity contribution in [3.63, 3.8) is 0 Å². The molecule has 0 radical (unpaired) electrons. The van der Waals surface area contributed by atoms with Gasteiger partial charge < -0.3 is 14.6 Å². The number of nitrogens with zero attached hydrogens (tertiary/aromatic N) is 2. The van der Waals surface area contributed by atoms with Crippen molar-refractivity contribution in [3.05, 3.63) is 29.0 Å². The molecule has 1 aliphatic heterocycles. The molecule has 1 unspecified atom stereocenters. The van der Waals surface area contributed by atoms with Crippen molar-refractivity contribution in [2.24, 2.45) is 5.92 Å². The molecule has 2 aliphatic rings. The summed E-state index contributed by atoms with van der Waals surface area (Å²) in [6, 6.07) is 4.13. The fraction of sp³-hybridized carbons (Fsp3) is 0.591. The largest absolute Gasteiger partial charge is 0.459 e. The number of aromatic nitrogens is 1. The number of amides is 2. The summed E-state index contributed by atoms with van der Waals surface area (Å²) in [6.45, 7) is 3.14. The number of thiazole rings is 1. The van der Waals surface area contributed by atoms with E-state index in [1.807, 2.05) is 29.3 Å². The van der Waals surface area contributed by atoms with Crippen LogP contribution in [0.2, 0.25) is 0 Å². The van der Waals surface area contributed by atoms with Gasteiger partial charge in [-0.25, -0.2) is 4.98 Å². The van der Waals surface area contributed by atoms with Crippen molar-refractivity contribution >= 4 is 23.2 Å². The van der Waals surface area contributed by atoms with Crippen molar-refractivity contribution in [1.29, 1.82) is 0 Å². The van der Waals surface area contributed by atoms with E-state index in [-0.39, 0.29) is 24.2 Å².